The molecule has 6 nitrogen and oxygen atoms in total. The molecule has 0 bridgehead atoms. The van der Waals surface area contributed by atoms with Crippen LogP contribution in [-0.4, -0.2) is 72.0 Å². The molecule has 1 aromatic carbocycles. The summed E-state index contributed by atoms with van der Waals surface area (Å²) >= 11 is 0. The first-order valence-electron chi connectivity index (χ1n) is 8.44. The molecule has 25 heavy (non-hydrogen) atoms. The van der Waals surface area contributed by atoms with E-state index in [1.807, 2.05) is 12.1 Å². The van der Waals surface area contributed by atoms with E-state index in [4.69, 9.17) is 9.47 Å². The summed E-state index contributed by atoms with van der Waals surface area (Å²) in [5.74, 6) is 1.73. The number of ether oxygens (including phenoxy) is 2. The largest absolute Gasteiger partial charge is 0.497 e. The smallest absolute Gasteiger partial charge is 0.191 e. The quantitative estimate of drug-likeness (QED) is 0.227. The minimum Gasteiger partial charge on any atom is -0.497 e. The van der Waals surface area contributed by atoms with Crippen molar-refractivity contribution in [1.29, 1.82) is 0 Å². The molecule has 0 aliphatic rings. The highest BCUT2D eigenvalue weighted by atomic mass is 127. The topological polar surface area (TPSA) is 58.1 Å². The summed E-state index contributed by atoms with van der Waals surface area (Å²) in [6, 6.07) is 8.14. The van der Waals surface area contributed by atoms with Crippen molar-refractivity contribution in [2.24, 2.45) is 4.99 Å². The van der Waals surface area contributed by atoms with Gasteiger partial charge in [-0.1, -0.05) is 12.1 Å². The average Bonchev–Trinajstić information content (AvgIpc) is 2.60. The zero-order valence-electron chi connectivity index (χ0n) is 15.9. The van der Waals surface area contributed by atoms with E-state index in [1.165, 1.54) is 5.56 Å². The molecular weight excluding hydrogens is 431 g/mol. The van der Waals surface area contributed by atoms with Crippen molar-refractivity contribution in [2.45, 2.75) is 12.8 Å². The van der Waals surface area contributed by atoms with E-state index in [-0.39, 0.29) is 24.0 Å². The molecular formula is C18H33IN4O2. The van der Waals surface area contributed by atoms with Crippen molar-refractivity contribution < 1.29 is 9.47 Å². The Kier molecular flexibility index (Phi) is 14.6. The second-order valence-corrected chi connectivity index (χ2v) is 5.68. The average molecular weight is 464 g/mol. The van der Waals surface area contributed by atoms with Gasteiger partial charge >= 0.3 is 0 Å². The Balaban J connectivity index is 0.00000576. The van der Waals surface area contributed by atoms with Gasteiger partial charge in [0.25, 0.3) is 0 Å². The zero-order chi connectivity index (χ0) is 17.6. The SMILES string of the molecule is CN=C(NCCc1cccc(OC)c1)NCCN(C)CCCOC.I. The first-order chi connectivity index (χ1) is 11.7. The number of halogens is 1. The second-order valence-electron chi connectivity index (χ2n) is 5.68. The zero-order valence-corrected chi connectivity index (χ0v) is 18.2. The summed E-state index contributed by atoms with van der Waals surface area (Å²) in [6.45, 7) is 4.52. The van der Waals surface area contributed by atoms with Crippen LogP contribution in [0.5, 0.6) is 5.75 Å². The monoisotopic (exact) mass is 464 g/mol. The molecule has 0 saturated heterocycles. The van der Waals surface area contributed by atoms with E-state index in [2.05, 4.69) is 39.7 Å². The maximum atomic E-state index is 5.25. The number of benzene rings is 1. The Labute approximate surface area is 169 Å². The van der Waals surface area contributed by atoms with Crippen molar-refractivity contribution in [2.75, 3.05) is 61.1 Å². The molecule has 1 aromatic rings. The van der Waals surface area contributed by atoms with E-state index >= 15 is 0 Å². The van der Waals surface area contributed by atoms with Crippen LogP contribution in [0.15, 0.2) is 29.3 Å². The molecule has 0 fully saturated rings. The summed E-state index contributed by atoms with van der Waals surface area (Å²) in [7, 11) is 7.34. The third-order valence-electron chi connectivity index (χ3n) is 3.74. The fourth-order valence-corrected chi connectivity index (χ4v) is 2.33. The van der Waals surface area contributed by atoms with Gasteiger partial charge in [-0.25, -0.2) is 0 Å². The van der Waals surface area contributed by atoms with Crippen molar-refractivity contribution in [1.82, 2.24) is 15.5 Å². The number of nitrogens with zero attached hydrogens (tertiary/aromatic N) is 2. The van der Waals surface area contributed by atoms with E-state index < -0.39 is 0 Å². The Morgan fingerprint density at radius 2 is 1.92 bits per heavy atom. The Morgan fingerprint density at radius 1 is 1.16 bits per heavy atom. The number of guanidine groups is 1. The summed E-state index contributed by atoms with van der Waals surface area (Å²) in [6.07, 6.45) is 1.98. The van der Waals surface area contributed by atoms with Crippen LogP contribution in [-0.2, 0) is 11.2 Å². The van der Waals surface area contributed by atoms with Crippen LogP contribution in [0.4, 0.5) is 0 Å². The fourth-order valence-electron chi connectivity index (χ4n) is 2.33. The number of rotatable bonds is 11. The fraction of sp³-hybridized carbons (Fsp3) is 0.611. The first-order valence-corrected chi connectivity index (χ1v) is 8.44. The van der Waals surface area contributed by atoms with Crippen molar-refractivity contribution in [3.05, 3.63) is 29.8 Å². The lowest BCUT2D eigenvalue weighted by Gasteiger charge is -2.18. The van der Waals surface area contributed by atoms with Crippen LogP contribution in [0.1, 0.15) is 12.0 Å². The predicted octanol–water partition coefficient (Wildman–Crippen LogP) is 1.99. The number of hydrogen-bond acceptors (Lipinski definition) is 4. The van der Waals surface area contributed by atoms with Gasteiger partial charge in [-0.3, -0.25) is 4.99 Å². The third-order valence-corrected chi connectivity index (χ3v) is 3.74. The summed E-state index contributed by atoms with van der Waals surface area (Å²) in [4.78, 5) is 6.54. The highest BCUT2D eigenvalue weighted by molar-refractivity contribution is 14.0. The standard InChI is InChI=1S/C18H32N4O2.HI/c1-19-18(21-11-13-22(2)12-6-14-23-3)20-10-9-16-7-5-8-17(15-16)24-4;/h5,7-8,15H,6,9-14H2,1-4H3,(H2,19,20,21);1H. The van der Waals surface area contributed by atoms with E-state index in [9.17, 15) is 0 Å². The molecule has 0 amide bonds. The highest BCUT2D eigenvalue weighted by Crippen LogP contribution is 2.12. The van der Waals surface area contributed by atoms with Crippen LogP contribution < -0.4 is 15.4 Å². The van der Waals surface area contributed by atoms with Gasteiger partial charge in [0.15, 0.2) is 5.96 Å². The number of nitrogens with one attached hydrogen (secondary N) is 2. The Hall–Kier alpha value is -1.06. The van der Waals surface area contributed by atoms with Crippen molar-refractivity contribution >= 4 is 29.9 Å². The normalized spacial score (nSPS) is 11.2. The van der Waals surface area contributed by atoms with Crippen LogP contribution in [0.2, 0.25) is 0 Å². The third kappa shape index (κ3) is 11.2. The Morgan fingerprint density at radius 3 is 2.60 bits per heavy atom. The van der Waals surface area contributed by atoms with Gasteiger partial charge in [0.1, 0.15) is 5.75 Å². The summed E-state index contributed by atoms with van der Waals surface area (Å²) < 4.78 is 10.3. The van der Waals surface area contributed by atoms with Crippen molar-refractivity contribution in [3.8, 4) is 5.75 Å². The maximum absolute atomic E-state index is 5.25. The van der Waals surface area contributed by atoms with Gasteiger partial charge in [-0.05, 0) is 37.6 Å². The molecule has 0 atom stereocenters. The molecule has 0 aromatic heterocycles. The molecule has 0 radical (unpaired) electrons. The van der Waals surface area contributed by atoms with Gasteiger partial charge in [0.2, 0.25) is 0 Å². The van der Waals surface area contributed by atoms with Gasteiger partial charge < -0.3 is 25.0 Å². The van der Waals surface area contributed by atoms with Crippen LogP contribution in [0.3, 0.4) is 0 Å². The van der Waals surface area contributed by atoms with Crippen LogP contribution >= 0.6 is 24.0 Å². The molecule has 144 valence electrons. The van der Waals surface area contributed by atoms with Gasteiger partial charge in [0.05, 0.1) is 7.11 Å². The molecule has 0 saturated carbocycles. The van der Waals surface area contributed by atoms with E-state index in [1.54, 1.807) is 21.3 Å². The lowest BCUT2D eigenvalue weighted by molar-refractivity contribution is 0.180. The number of aliphatic imine (C=N–C) groups is 1. The number of hydrogen-bond donors (Lipinski definition) is 2. The molecule has 7 heteroatoms. The summed E-state index contributed by atoms with van der Waals surface area (Å²) in [5, 5.41) is 6.68. The Bertz CT molecular complexity index is 486. The number of likely N-dealkylation sites (N-methyl/N-ethyl adjacent to an activating group) is 1. The second kappa shape index (κ2) is 15.2. The summed E-state index contributed by atoms with van der Waals surface area (Å²) in [5.41, 5.74) is 1.25. The van der Waals surface area contributed by atoms with E-state index in [0.29, 0.717) is 0 Å². The molecule has 0 spiro atoms. The maximum Gasteiger partial charge on any atom is 0.191 e. The lowest BCUT2D eigenvalue weighted by atomic mass is 10.1. The lowest BCUT2D eigenvalue weighted by Crippen LogP contribution is -2.41. The number of methoxy groups -OCH3 is 2. The van der Waals surface area contributed by atoms with Crippen LogP contribution in [0, 0.1) is 0 Å². The van der Waals surface area contributed by atoms with Gasteiger partial charge in [0, 0.05) is 46.9 Å². The highest BCUT2D eigenvalue weighted by Gasteiger charge is 2.01. The predicted molar refractivity (Wildman–Crippen MR) is 115 cm³/mol. The van der Waals surface area contributed by atoms with Gasteiger partial charge in [-0.15, -0.1) is 24.0 Å². The molecule has 0 aliphatic heterocycles. The minimum absolute atomic E-state index is 0. The molecule has 2 N–H and O–H groups in total. The van der Waals surface area contributed by atoms with Gasteiger partial charge in [-0.2, -0.15) is 0 Å². The molecule has 0 aliphatic carbocycles. The first kappa shape index (κ1) is 23.9. The van der Waals surface area contributed by atoms with Crippen molar-refractivity contribution in [3.63, 3.8) is 0 Å². The van der Waals surface area contributed by atoms with E-state index in [0.717, 1.165) is 57.3 Å². The molecule has 1 rings (SSSR count). The minimum atomic E-state index is 0. The molecule has 0 heterocycles. The molecule has 0 unspecified atom stereocenters. The van der Waals surface area contributed by atoms with Crippen LogP contribution in [0.25, 0.3) is 0 Å².